The van der Waals surface area contributed by atoms with Crippen molar-refractivity contribution >= 4 is 16.8 Å². The van der Waals surface area contributed by atoms with Gasteiger partial charge in [0.25, 0.3) is 0 Å². The zero-order valence-electron chi connectivity index (χ0n) is 22.7. The molecule has 4 fully saturated rings. The van der Waals surface area contributed by atoms with E-state index in [0.717, 1.165) is 48.4 Å². The van der Waals surface area contributed by atoms with E-state index in [1.54, 1.807) is 11.8 Å². The Bertz CT molecular complexity index is 1170. The Labute approximate surface area is 215 Å². The lowest BCUT2D eigenvalue weighted by molar-refractivity contribution is -0.151. The number of fused-ring (bicyclic) bond motifs is 6. The summed E-state index contributed by atoms with van der Waals surface area (Å²) in [4.78, 5) is 14.0. The van der Waals surface area contributed by atoms with Gasteiger partial charge in [0.05, 0.1) is 18.2 Å². The summed E-state index contributed by atoms with van der Waals surface area (Å²) in [7, 11) is 1.65. The number of methoxy groups -OCH3 is 1. The summed E-state index contributed by atoms with van der Waals surface area (Å²) in [5.41, 5.74) is 1.57. The molecule has 2 aromatic rings. The maximum absolute atomic E-state index is 14.0. The fourth-order valence-electron chi connectivity index (χ4n) is 9.92. The number of rotatable bonds is 4. The lowest BCUT2D eigenvalue weighted by Gasteiger charge is -2.61. The van der Waals surface area contributed by atoms with E-state index in [1.165, 1.54) is 25.7 Å². The maximum atomic E-state index is 14.0. The molecule has 36 heavy (non-hydrogen) atoms. The van der Waals surface area contributed by atoms with Crippen molar-refractivity contribution in [1.29, 1.82) is 0 Å². The number of carbonyl (C=O) groups is 1. The van der Waals surface area contributed by atoms with Crippen LogP contribution in [0.15, 0.2) is 18.2 Å². The molecule has 4 aliphatic rings. The zero-order valence-corrected chi connectivity index (χ0v) is 22.7. The van der Waals surface area contributed by atoms with Gasteiger partial charge in [0.15, 0.2) is 5.78 Å². The highest BCUT2D eigenvalue weighted by Crippen LogP contribution is 2.69. The van der Waals surface area contributed by atoms with Crippen LogP contribution in [0.1, 0.15) is 79.1 Å². The molecule has 0 bridgehead atoms. The molecule has 4 saturated carbocycles. The number of carbonyl (C=O) groups excluding carboxylic acids is 1. The molecule has 1 aromatic carbocycles. The molecule has 4 aliphatic carbocycles. The Morgan fingerprint density at radius 2 is 1.92 bits per heavy atom. The molecule has 1 aromatic heterocycles. The van der Waals surface area contributed by atoms with Crippen molar-refractivity contribution in [2.24, 2.45) is 46.3 Å². The molecule has 0 aliphatic heterocycles. The quantitative estimate of drug-likeness (QED) is 0.594. The van der Waals surface area contributed by atoms with Crippen LogP contribution in [0.4, 0.5) is 0 Å². The first-order valence-electron chi connectivity index (χ1n) is 14.2. The minimum Gasteiger partial charge on any atom is -0.497 e. The third-order valence-electron chi connectivity index (χ3n) is 11.7. The second-order valence-electron chi connectivity index (χ2n) is 13.7. The Kier molecular flexibility index (Phi) is 5.61. The summed E-state index contributed by atoms with van der Waals surface area (Å²) in [6.45, 7) is 9.61. The number of ketones is 1. The summed E-state index contributed by atoms with van der Waals surface area (Å²) in [5.74, 6) is 4.25. The van der Waals surface area contributed by atoms with E-state index in [9.17, 15) is 9.90 Å². The van der Waals surface area contributed by atoms with Crippen molar-refractivity contribution in [1.82, 2.24) is 15.0 Å². The van der Waals surface area contributed by atoms with Crippen LogP contribution in [0.5, 0.6) is 5.75 Å². The first kappa shape index (κ1) is 24.4. The third kappa shape index (κ3) is 3.57. The Balaban J connectivity index is 1.25. The topological polar surface area (TPSA) is 77.2 Å². The normalized spacial score (nSPS) is 44.1. The van der Waals surface area contributed by atoms with E-state index in [2.05, 4.69) is 31.1 Å². The second-order valence-corrected chi connectivity index (χ2v) is 13.7. The molecule has 0 amide bonds. The molecule has 6 nitrogen and oxygen atoms in total. The predicted octanol–water partition coefficient (Wildman–Crippen LogP) is 5.66. The summed E-state index contributed by atoms with van der Waals surface area (Å²) < 4.78 is 7.17. The van der Waals surface area contributed by atoms with Crippen LogP contribution in [-0.2, 0) is 11.3 Å². The van der Waals surface area contributed by atoms with Crippen LogP contribution in [-0.4, -0.2) is 38.6 Å². The predicted molar refractivity (Wildman–Crippen MR) is 139 cm³/mol. The molecular weight excluding hydrogens is 450 g/mol. The standard InChI is InChI=1S/C30H43N3O3/c1-18-14-23-21-8-6-19-16-28(2,35)12-13-29(19,3)22(21)10-11-30(23,4)27(18)26(34)17-33-25-15-20(36-5)7-9-24(25)31-32-33/h7,9,15,18-19,21-23,27,35H,6,8,10-14,16-17H2,1-5H3/t18?,19-,21+,22-,23?,27?,28+,29-,30-/m0/s1. The van der Waals surface area contributed by atoms with E-state index < -0.39 is 5.60 Å². The molecule has 3 unspecified atom stereocenters. The molecule has 0 spiro atoms. The minimum atomic E-state index is -0.491. The first-order chi connectivity index (χ1) is 17.1. The van der Waals surface area contributed by atoms with Gasteiger partial charge in [0, 0.05) is 12.0 Å². The van der Waals surface area contributed by atoms with E-state index in [1.807, 2.05) is 25.1 Å². The summed E-state index contributed by atoms with van der Waals surface area (Å²) >= 11 is 0. The van der Waals surface area contributed by atoms with Gasteiger partial charge in [-0.3, -0.25) is 4.79 Å². The smallest absolute Gasteiger partial charge is 0.158 e. The monoisotopic (exact) mass is 493 g/mol. The van der Waals surface area contributed by atoms with Gasteiger partial charge in [-0.2, -0.15) is 0 Å². The fraction of sp³-hybridized carbons (Fsp3) is 0.767. The lowest BCUT2D eigenvalue weighted by atomic mass is 9.44. The number of benzene rings is 1. The highest BCUT2D eigenvalue weighted by Gasteiger charge is 2.63. The summed E-state index contributed by atoms with van der Waals surface area (Å²) in [5, 5.41) is 19.4. The van der Waals surface area contributed by atoms with E-state index in [4.69, 9.17) is 4.74 Å². The number of hydrogen-bond acceptors (Lipinski definition) is 5. The molecule has 6 rings (SSSR count). The highest BCUT2D eigenvalue weighted by atomic mass is 16.5. The molecule has 196 valence electrons. The summed E-state index contributed by atoms with van der Waals surface area (Å²) in [6.07, 6.45) is 9.08. The largest absolute Gasteiger partial charge is 0.497 e. The molecule has 0 saturated heterocycles. The van der Waals surface area contributed by atoms with Gasteiger partial charge in [-0.25, -0.2) is 4.68 Å². The van der Waals surface area contributed by atoms with Crippen LogP contribution >= 0.6 is 0 Å². The highest BCUT2D eigenvalue weighted by molar-refractivity contribution is 5.84. The fourth-order valence-corrected chi connectivity index (χ4v) is 9.92. The number of aromatic nitrogens is 3. The molecule has 6 heteroatoms. The first-order valence-corrected chi connectivity index (χ1v) is 14.2. The average molecular weight is 494 g/mol. The molecule has 1 heterocycles. The second kappa shape index (κ2) is 8.28. The Morgan fingerprint density at radius 1 is 1.11 bits per heavy atom. The van der Waals surface area contributed by atoms with Crippen LogP contribution in [0.25, 0.3) is 11.0 Å². The number of hydrogen-bond donors (Lipinski definition) is 1. The van der Waals surface area contributed by atoms with Crippen LogP contribution in [0, 0.1) is 46.3 Å². The van der Waals surface area contributed by atoms with Gasteiger partial charge in [-0.05, 0) is 111 Å². The Morgan fingerprint density at radius 3 is 2.69 bits per heavy atom. The van der Waals surface area contributed by atoms with E-state index in [0.29, 0.717) is 34.9 Å². The zero-order chi connectivity index (χ0) is 25.5. The average Bonchev–Trinajstić information content (AvgIpc) is 3.35. The van der Waals surface area contributed by atoms with Gasteiger partial charge in [0.1, 0.15) is 17.8 Å². The van der Waals surface area contributed by atoms with Gasteiger partial charge < -0.3 is 9.84 Å². The number of Topliss-reactive ketones (excluding diaryl/α,β-unsaturated/α-hetero) is 1. The molecule has 9 atom stereocenters. The SMILES string of the molecule is COc1ccc2nnn(CC(=O)C3C(C)CC4[C@@H]5CC[C@H]6C[C@](C)(O)CC[C@]6(C)[C@H]5CC[C@]34C)c2c1. The van der Waals surface area contributed by atoms with E-state index >= 15 is 0 Å². The summed E-state index contributed by atoms with van der Waals surface area (Å²) in [6, 6.07) is 5.71. The minimum absolute atomic E-state index is 0.0646. The number of nitrogens with zero attached hydrogens (tertiary/aromatic N) is 3. The van der Waals surface area contributed by atoms with Crippen LogP contribution in [0.2, 0.25) is 0 Å². The van der Waals surface area contributed by atoms with Crippen molar-refractivity contribution in [3.05, 3.63) is 18.2 Å². The molecule has 1 N–H and O–H groups in total. The lowest BCUT2D eigenvalue weighted by Crippen LogP contribution is -2.55. The van der Waals surface area contributed by atoms with Gasteiger partial charge >= 0.3 is 0 Å². The van der Waals surface area contributed by atoms with Crippen molar-refractivity contribution in [2.75, 3.05) is 7.11 Å². The van der Waals surface area contributed by atoms with Crippen molar-refractivity contribution < 1.29 is 14.6 Å². The van der Waals surface area contributed by atoms with Crippen molar-refractivity contribution in [3.8, 4) is 5.75 Å². The molecule has 0 radical (unpaired) electrons. The van der Waals surface area contributed by atoms with Gasteiger partial charge in [0.2, 0.25) is 0 Å². The van der Waals surface area contributed by atoms with Crippen LogP contribution < -0.4 is 4.74 Å². The maximum Gasteiger partial charge on any atom is 0.158 e. The number of aliphatic hydroxyl groups is 1. The van der Waals surface area contributed by atoms with Gasteiger partial charge in [-0.15, -0.1) is 5.10 Å². The molecular formula is C30H43N3O3. The van der Waals surface area contributed by atoms with Gasteiger partial charge in [-0.1, -0.05) is 26.0 Å². The van der Waals surface area contributed by atoms with E-state index in [-0.39, 0.29) is 17.9 Å². The van der Waals surface area contributed by atoms with Crippen LogP contribution in [0.3, 0.4) is 0 Å². The third-order valence-corrected chi connectivity index (χ3v) is 11.7. The number of ether oxygens (including phenoxy) is 1. The van der Waals surface area contributed by atoms with Crippen molar-refractivity contribution in [3.63, 3.8) is 0 Å². The van der Waals surface area contributed by atoms with Crippen molar-refractivity contribution in [2.45, 2.75) is 91.2 Å². The Hall–Kier alpha value is -1.95.